The first-order valence-electron chi connectivity index (χ1n) is 13.9. The average Bonchev–Trinajstić information content (AvgIpc) is 2.75. The molecular formula is C31H44O5. The molecule has 5 nitrogen and oxygen atoms in total. The second-order valence-corrected chi connectivity index (χ2v) is 14.9. The van der Waals surface area contributed by atoms with Crippen molar-refractivity contribution in [3.63, 3.8) is 0 Å². The molecule has 0 heterocycles. The van der Waals surface area contributed by atoms with Crippen molar-refractivity contribution in [3.8, 4) is 0 Å². The van der Waals surface area contributed by atoms with Crippen LogP contribution in [0.3, 0.4) is 0 Å². The minimum absolute atomic E-state index is 0.0385. The summed E-state index contributed by atoms with van der Waals surface area (Å²) >= 11 is 0. The van der Waals surface area contributed by atoms with Gasteiger partial charge in [0.1, 0.15) is 0 Å². The average molecular weight is 497 g/mol. The van der Waals surface area contributed by atoms with Crippen LogP contribution in [0.1, 0.15) is 99.8 Å². The Kier molecular flexibility index (Phi) is 5.25. The van der Waals surface area contributed by atoms with Crippen molar-refractivity contribution in [2.45, 2.75) is 99.8 Å². The molecule has 5 heteroatoms. The van der Waals surface area contributed by atoms with E-state index in [4.69, 9.17) is 0 Å². The van der Waals surface area contributed by atoms with Crippen LogP contribution < -0.4 is 0 Å². The summed E-state index contributed by atoms with van der Waals surface area (Å²) in [6.45, 7) is 15.2. The van der Waals surface area contributed by atoms with Gasteiger partial charge < -0.3 is 10.2 Å². The van der Waals surface area contributed by atoms with Crippen LogP contribution in [0.4, 0.5) is 0 Å². The lowest BCUT2D eigenvalue weighted by atomic mass is 9.33. The number of fused-ring (bicyclic) bond motifs is 7. The maximum Gasteiger partial charge on any atom is 0.331 e. The van der Waals surface area contributed by atoms with Crippen LogP contribution in [0, 0.1) is 50.2 Å². The lowest BCUT2D eigenvalue weighted by Gasteiger charge is -2.69. The Morgan fingerprint density at radius 3 is 2.17 bits per heavy atom. The van der Waals surface area contributed by atoms with Crippen molar-refractivity contribution in [2.24, 2.45) is 50.2 Å². The molecule has 3 fully saturated rings. The lowest BCUT2D eigenvalue weighted by Crippen LogP contribution is -2.65. The van der Waals surface area contributed by atoms with E-state index in [9.17, 15) is 24.6 Å². The molecule has 2 N–H and O–H groups in total. The Hall–Kier alpha value is -1.91. The summed E-state index contributed by atoms with van der Waals surface area (Å²) in [4.78, 5) is 38.6. The second-order valence-electron chi connectivity index (χ2n) is 14.9. The molecule has 36 heavy (non-hydrogen) atoms. The Labute approximate surface area is 215 Å². The molecule has 0 amide bonds. The third kappa shape index (κ3) is 2.98. The Balaban J connectivity index is 1.63. The minimum atomic E-state index is -0.843. The highest BCUT2D eigenvalue weighted by atomic mass is 16.4. The summed E-state index contributed by atoms with van der Waals surface area (Å²) in [7, 11) is 0. The third-order valence-electron chi connectivity index (χ3n) is 12.9. The van der Waals surface area contributed by atoms with Gasteiger partial charge in [-0.25, -0.2) is 4.79 Å². The predicted molar refractivity (Wildman–Crippen MR) is 138 cm³/mol. The van der Waals surface area contributed by atoms with Gasteiger partial charge in [0, 0.05) is 11.5 Å². The summed E-state index contributed by atoms with van der Waals surface area (Å²) in [6.07, 6.45) is 10.6. The van der Waals surface area contributed by atoms with Gasteiger partial charge in [0.15, 0.2) is 5.78 Å². The summed E-state index contributed by atoms with van der Waals surface area (Å²) in [5.41, 5.74) is -0.211. The van der Waals surface area contributed by atoms with Gasteiger partial charge in [-0.2, -0.15) is 0 Å². The van der Waals surface area contributed by atoms with Crippen LogP contribution in [-0.4, -0.2) is 27.9 Å². The number of rotatable bonds is 2. The van der Waals surface area contributed by atoms with Crippen molar-refractivity contribution in [2.75, 3.05) is 0 Å². The quantitative estimate of drug-likeness (QED) is 0.445. The van der Waals surface area contributed by atoms with E-state index < -0.39 is 22.8 Å². The van der Waals surface area contributed by atoms with Gasteiger partial charge in [0.05, 0.1) is 5.41 Å². The molecule has 3 saturated carbocycles. The highest BCUT2D eigenvalue weighted by molar-refractivity contribution is 5.96. The molecule has 0 aliphatic heterocycles. The van der Waals surface area contributed by atoms with Crippen LogP contribution in [-0.2, 0) is 14.4 Å². The van der Waals surface area contributed by atoms with Crippen molar-refractivity contribution < 1.29 is 24.6 Å². The molecule has 5 aliphatic carbocycles. The molecule has 5 rings (SSSR count). The Bertz CT molecular complexity index is 1110. The number of carbonyl (C=O) groups is 3. The monoisotopic (exact) mass is 496 g/mol. The third-order valence-corrected chi connectivity index (χ3v) is 12.9. The fourth-order valence-corrected chi connectivity index (χ4v) is 10.4. The van der Waals surface area contributed by atoms with E-state index in [0.29, 0.717) is 24.8 Å². The SMILES string of the molecule is CC1(C)C(C(=O)O)=CC[C@]2(C)[C@H]3C(=O)C=C4[C@@H]5C[C@@](C)(C(=O)O)CC[C@]5(C)CC[C@@]4(C)[C@]3(C)CC[C@@H]12. The zero-order chi connectivity index (χ0) is 26.7. The minimum Gasteiger partial charge on any atom is -0.481 e. The Morgan fingerprint density at radius 2 is 1.56 bits per heavy atom. The normalized spacial score (nSPS) is 49.4. The van der Waals surface area contributed by atoms with E-state index in [1.165, 1.54) is 5.57 Å². The number of aliphatic carboxylic acids is 2. The van der Waals surface area contributed by atoms with Crippen LogP contribution in [0.25, 0.3) is 0 Å². The Morgan fingerprint density at radius 1 is 0.917 bits per heavy atom. The van der Waals surface area contributed by atoms with Gasteiger partial charge in [-0.3, -0.25) is 9.59 Å². The van der Waals surface area contributed by atoms with E-state index in [2.05, 4.69) is 41.5 Å². The first-order chi connectivity index (χ1) is 16.5. The zero-order valence-electron chi connectivity index (χ0n) is 23.2. The van der Waals surface area contributed by atoms with Crippen molar-refractivity contribution in [3.05, 3.63) is 23.3 Å². The van der Waals surface area contributed by atoms with Gasteiger partial charge in [0.25, 0.3) is 0 Å². The zero-order valence-corrected chi connectivity index (χ0v) is 23.2. The van der Waals surface area contributed by atoms with Gasteiger partial charge >= 0.3 is 11.9 Å². The largest absolute Gasteiger partial charge is 0.481 e. The number of carboxylic acid groups (broad SMARTS) is 2. The standard InChI is InChI=1S/C31H44O5/c1-26(2)18(24(33)34)8-10-29(5)22(26)9-11-31(7)23(29)21(32)16-19-20-17-28(4,25(35)36)13-12-27(20,3)14-15-30(19,31)6/h8,16,20,22-23H,9-15,17H2,1-7H3,(H,33,34)(H,35,36)/t20-,22-,23+,27+,28-,29-,30+,31+/m0/s1. The fourth-order valence-electron chi connectivity index (χ4n) is 10.4. The van der Waals surface area contributed by atoms with Crippen LogP contribution in [0.5, 0.6) is 0 Å². The molecule has 0 radical (unpaired) electrons. The first-order valence-corrected chi connectivity index (χ1v) is 13.9. The summed E-state index contributed by atoms with van der Waals surface area (Å²) in [6, 6.07) is 0. The highest BCUT2D eigenvalue weighted by Crippen LogP contribution is 2.75. The van der Waals surface area contributed by atoms with Crippen molar-refractivity contribution in [1.82, 2.24) is 0 Å². The first kappa shape index (κ1) is 25.7. The van der Waals surface area contributed by atoms with Crippen LogP contribution in [0.15, 0.2) is 23.3 Å². The second kappa shape index (κ2) is 7.35. The number of carboxylic acids is 2. The fraction of sp³-hybridized carbons (Fsp3) is 0.774. The van der Waals surface area contributed by atoms with Crippen LogP contribution in [0.2, 0.25) is 0 Å². The van der Waals surface area contributed by atoms with Crippen molar-refractivity contribution in [1.29, 1.82) is 0 Å². The van der Waals surface area contributed by atoms with Gasteiger partial charge in [-0.05, 0) is 103 Å². The summed E-state index contributed by atoms with van der Waals surface area (Å²) in [5, 5.41) is 20.0. The van der Waals surface area contributed by atoms with E-state index in [1.54, 1.807) is 0 Å². The van der Waals surface area contributed by atoms with Gasteiger partial charge in [0.2, 0.25) is 0 Å². The molecule has 0 unspecified atom stereocenters. The molecule has 8 atom stereocenters. The number of hydrogen-bond donors (Lipinski definition) is 2. The summed E-state index contributed by atoms with van der Waals surface area (Å²) in [5.74, 6) is -1.30. The highest BCUT2D eigenvalue weighted by Gasteiger charge is 2.69. The van der Waals surface area contributed by atoms with Crippen molar-refractivity contribution >= 4 is 17.7 Å². The van der Waals surface area contributed by atoms with E-state index >= 15 is 0 Å². The van der Waals surface area contributed by atoms with Gasteiger partial charge in [-0.1, -0.05) is 53.2 Å². The number of hydrogen-bond acceptors (Lipinski definition) is 3. The maximum atomic E-state index is 14.3. The van der Waals surface area contributed by atoms with E-state index in [-0.39, 0.29) is 45.2 Å². The molecule has 0 aromatic rings. The van der Waals surface area contributed by atoms with Gasteiger partial charge in [-0.15, -0.1) is 0 Å². The summed E-state index contributed by atoms with van der Waals surface area (Å²) < 4.78 is 0. The molecule has 0 aromatic carbocycles. The molecule has 5 aliphatic rings. The molecule has 0 spiro atoms. The molecule has 0 aromatic heterocycles. The number of carbonyl (C=O) groups excluding carboxylic acids is 1. The molecule has 0 bridgehead atoms. The van der Waals surface area contributed by atoms with E-state index in [0.717, 1.165) is 32.1 Å². The topological polar surface area (TPSA) is 91.7 Å². The predicted octanol–water partition coefficient (Wildman–Crippen LogP) is 6.67. The molecular weight excluding hydrogens is 452 g/mol. The molecule has 0 saturated heterocycles. The van der Waals surface area contributed by atoms with E-state index in [1.807, 2.05) is 19.1 Å². The molecule has 198 valence electrons. The number of ketones is 1. The number of allylic oxidation sites excluding steroid dienone is 3. The maximum absolute atomic E-state index is 14.3. The van der Waals surface area contributed by atoms with Crippen LogP contribution >= 0.6 is 0 Å². The lowest BCUT2D eigenvalue weighted by molar-refractivity contribution is -0.176. The smallest absolute Gasteiger partial charge is 0.331 e.